The fourth-order valence-corrected chi connectivity index (χ4v) is 2.30. The maximum Gasteiger partial charge on any atom is 0.128 e. The summed E-state index contributed by atoms with van der Waals surface area (Å²) in [5.74, 6) is -0.0727. The van der Waals surface area contributed by atoms with Crippen molar-refractivity contribution < 1.29 is 4.39 Å². The van der Waals surface area contributed by atoms with Crippen LogP contribution in [0.2, 0.25) is 0 Å². The second-order valence-electron chi connectivity index (χ2n) is 4.98. The Morgan fingerprint density at radius 1 is 1.17 bits per heavy atom. The van der Waals surface area contributed by atoms with E-state index in [4.69, 9.17) is 0 Å². The molecule has 0 bridgehead atoms. The summed E-state index contributed by atoms with van der Waals surface area (Å²) in [6.45, 7) is 7.09. The van der Waals surface area contributed by atoms with Crippen LogP contribution in [0, 0.1) is 12.7 Å². The minimum absolute atomic E-state index is 0.0727. The summed E-state index contributed by atoms with van der Waals surface area (Å²) in [6.07, 6.45) is 5.94. The third-order valence-electron chi connectivity index (χ3n) is 3.33. The van der Waals surface area contributed by atoms with Gasteiger partial charge in [-0.15, -0.1) is 0 Å². The van der Waals surface area contributed by atoms with Gasteiger partial charge in [-0.05, 0) is 31.5 Å². The van der Waals surface area contributed by atoms with E-state index >= 15 is 0 Å². The van der Waals surface area contributed by atoms with E-state index in [-0.39, 0.29) is 11.9 Å². The van der Waals surface area contributed by atoms with E-state index < -0.39 is 0 Å². The van der Waals surface area contributed by atoms with Crippen LogP contribution in [-0.2, 0) is 0 Å². The summed E-state index contributed by atoms with van der Waals surface area (Å²) in [6, 6.07) is 5.71. The van der Waals surface area contributed by atoms with Crippen LogP contribution in [-0.4, -0.2) is 6.54 Å². The number of nitrogens with one attached hydrogen (secondary N) is 1. The highest BCUT2D eigenvalue weighted by Crippen LogP contribution is 2.23. The lowest BCUT2D eigenvalue weighted by Crippen LogP contribution is -2.22. The number of hydrogen-bond donors (Lipinski definition) is 1. The fourth-order valence-electron chi connectivity index (χ4n) is 2.30. The second-order valence-corrected chi connectivity index (χ2v) is 4.98. The predicted octanol–water partition coefficient (Wildman–Crippen LogP) is 4.76. The highest BCUT2D eigenvalue weighted by molar-refractivity contribution is 5.26. The Labute approximate surface area is 111 Å². The van der Waals surface area contributed by atoms with Gasteiger partial charge < -0.3 is 5.32 Å². The zero-order chi connectivity index (χ0) is 13.4. The van der Waals surface area contributed by atoms with Crippen molar-refractivity contribution in [3.63, 3.8) is 0 Å². The van der Waals surface area contributed by atoms with Crippen molar-refractivity contribution in [2.45, 2.75) is 58.9 Å². The minimum Gasteiger partial charge on any atom is -0.310 e. The summed E-state index contributed by atoms with van der Waals surface area (Å²) >= 11 is 0. The van der Waals surface area contributed by atoms with Crippen molar-refractivity contribution in [3.05, 3.63) is 35.1 Å². The molecule has 0 radical (unpaired) electrons. The van der Waals surface area contributed by atoms with Crippen LogP contribution < -0.4 is 5.32 Å². The van der Waals surface area contributed by atoms with Crippen LogP contribution in [0.25, 0.3) is 0 Å². The van der Waals surface area contributed by atoms with Gasteiger partial charge in [-0.25, -0.2) is 4.39 Å². The minimum atomic E-state index is -0.0727. The number of rotatable bonds is 8. The lowest BCUT2D eigenvalue weighted by atomic mass is 9.98. The van der Waals surface area contributed by atoms with Crippen LogP contribution in [0.3, 0.4) is 0 Å². The lowest BCUT2D eigenvalue weighted by Gasteiger charge is -2.19. The van der Waals surface area contributed by atoms with Gasteiger partial charge in [-0.1, -0.05) is 51.7 Å². The number of halogens is 1. The zero-order valence-electron chi connectivity index (χ0n) is 11.9. The largest absolute Gasteiger partial charge is 0.310 e. The van der Waals surface area contributed by atoms with Gasteiger partial charge in [0.2, 0.25) is 0 Å². The molecule has 1 nitrogen and oxygen atoms in total. The van der Waals surface area contributed by atoms with Crippen LogP contribution in [0.4, 0.5) is 4.39 Å². The first kappa shape index (κ1) is 15.2. The van der Waals surface area contributed by atoms with Crippen molar-refractivity contribution in [2.75, 3.05) is 6.54 Å². The number of unbranched alkanes of at least 4 members (excludes halogenated alkanes) is 3. The molecule has 2 heteroatoms. The average molecular weight is 251 g/mol. The Bertz CT molecular complexity index is 349. The monoisotopic (exact) mass is 251 g/mol. The first-order valence-corrected chi connectivity index (χ1v) is 7.18. The van der Waals surface area contributed by atoms with E-state index in [1.807, 2.05) is 19.1 Å². The van der Waals surface area contributed by atoms with Crippen LogP contribution >= 0.6 is 0 Å². The summed E-state index contributed by atoms with van der Waals surface area (Å²) in [7, 11) is 0. The first-order valence-electron chi connectivity index (χ1n) is 7.18. The summed E-state index contributed by atoms with van der Waals surface area (Å²) < 4.78 is 14.0. The quantitative estimate of drug-likeness (QED) is 0.657. The van der Waals surface area contributed by atoms with Gasteiger partial charge in [0.05, 0.1) is 0 Å². The molecule has 0 amide bonds. The van der Waals surface area contributed by atoms with Crippen molar-refractivity contribution in [1.82, 2.24) is 5.32 Å². The molecule has 0 aliphatic carbocycles. The topological polar surface area (TPSA) is 12.0 Å². The molecule has 1 aromatic carbocycles. The van der Waals surface area contributed by atoms with Crippen molar-refractivity contribution in [3.8, 4) is 0 Å². The maximum atomic E-state index is 14.0. The number of aryl methyl sites for hydroxylation is 1. The van der Waals surface area contributed by atoms with Crippen LogP contribution in [0.5, 0.6) is 0 Å². The van der Waals surface area contributed by atoms with E-state index in [1.54, 1.807) is 6.07 Å². The van der Waals surface area contributed by atoms with Gasteiger partial charge >= 0.3 is 0 Å². The van der Waals surface area contributed by atoms with Crippen molar-refractivity contribution in [2.24, 2.45) is 0 Å². The molecule has 18 heavy (non-hydrogen) atoms. The molecule has 1 N–H and O–H groups in total. The summed E-state index contributed by atoms with van der Waals surface area (Å²) in [4.78, 5) is 0. The molecule has 102 valence electrons. The molecule has 0 saturated heterocycles. The molecule has 0 fully saturated rings. The maximum absolute atomic E-state index is 14.0. The SMILES string of the molecule is CCCCCCC(NCC)c1ccc(C)cc1F. The summed E-state index contributed by atoms with van der Waals surface area (Å²) in [5, 5.41) is 3.40. The molecule has 0 aromatic heterocycles. The Hall–Kier alpha value is -0.890. The summed E-state index contributed by atoms with van der Waals surface area (Å²) in [5.41, 5.74) is 1.80. The molecule has 1 aromatic rings. The standard InChI is InChI=1S/C16H26FN/c1-4-6-7-8-9-16(18-5-2)14-11-10-13(3)12-15(14)17/h10-12,16,18H,4-9H2,1-3H3. The van der Waals surface area contributed by atoms with E-state index in [0.717, 1.165) is 24.1 Å². The lowest BCUT2D eigenvalue weighted by molar-refractivity contribution is 0.460. The van der Waals surface area contributed by atoms with Crippen molar-refractivity contribution in [1.29, 1.82) is 0 Å². The fraction of sp³-hybridized carbons (Fsp3) is 0.625. The van der Waals surface area contributed by atoms with Crippen LogP contribution in [0.15, 0.2) is 18.2 Å². The van der Waals surface area contributed by atoms with Crippen molar-refractivity contribution >= 4 is 0 Å². The third-order valence-corrected chi connectivity index (χ3v) is 3.33. The van der Waals surface area contributed by atoms with Gasteiger partial charge in [0.25, 0.3) is 0 Å². The van der Waals surface area contributed by atoms with E-state index in [2.05, 4.69) is 19.2 Å². The molecule has 1 atom stereocenters. The molecule has 1 unspecified atom stereocenters. The average Bonchev–Trinajstić information content (AvgIpc) is 2.34. The Balaban J connectivity index is 2.64. The normalized spacial score (nSPS) is 12.7. The zero-order valence-corrected chi connectivity index (χ0v) is 11.9. The molecule has 0 aliphatic rings. The van der Waals surface area contributed by atoms with Gasteiger partial charge in [0.15, 0.2) is 0 Å². The molecule has 0 saturated carbocycles. The number of benzene rings is 1. The first-order chi connectivity index (χ1) is 8.69. The van der Waals surface area contributed by atoms with Gasteiger partial charge in [-0.3, -0.25) is 0 Å². The van der Waals surface area contributed by atoms with E-state index in [1.165, 1.54) is 25.7 Å². The van der Waals surface area contributed by atoms with Gasteiger partial charge in [-0.2, -0.15) is 0 Å². The Kier molecular flexibility index (Phi) is 6.96. The number of hydrogen-bond acceptors (Lipinski definition) is 1. The highest BCUT2D eigenvalue weighted by Gasteiger charge is 2.14. The molecule has 0 aliphatic heterocycles. The molecule has 0 heterocycles. The van der Waals surface area contributed by atoms with Gasteiger partial charge in [0, 0.05) is 11.6 Å². The Morgan fingerprint density at radius 2 is 1.94 bits per heavy atom. The highest BCUT2D eigenvalue weighted by atomic mass is 19.1. The second kappa shape index (κ2) is 8.25. The predicted molar refractivity (Wildman–Crippen MR) is 76.3 cm³/mol. The molecular formula is C16H26FN. The smallest absolute Gasteiger partial charge is 0.128 e. The molecule has 1 rings (SSSR count). The van der Waals surface area contributed by atoms with E-state index in [0.29, 0.717) is 0 Å². The van der Waals surface area contributed by atoms with Crippen LogP contribution in [0.1, 0.15) is 63.1 Å². The Morgan fingerprint density at radius 3 is 2.56 bits per heavy atom. The molecular weight excluding hydrogens is 225 g/mol. The third kappa shape index (κ3) is 4.77. The van der Waals surface area contributed by atoms with Gasteiger partial charge in [0.1, 0.15) is 5.82 Å². The molecule has 0 spiro atoms. The van der Waals surface area contributed by atoms with E-state index in [9.17, 15) is 4.39 Å².